The first kappa shape index (κ1) is 15.9. The van der Waals surface area contributed by atoms with Crippen molar-refractivity contribution < 1.29 is 0 Å². The van der Waals surface area contributed by atoms with Crippen LogP contribution in [-0.4, -0.2) is 0 Å². The molecule has 3 rings (SSSR count). The van der Waals surface area contributed by atoms with E-state index in [0.29, 0.717) is 0 Å². The van der Waals surface area contributed by atoms with Crippen LogP contribution in [0.1, 0.15) is 24.9 Å². The average Bonchev–Trinajstić information content (AvgIpc) is 2.63. The van der Waals surface area contributed by atoms with Gasteiger partial charge in [0.25, 0.3) is 0 Å². The zero-order valence-electron chi connectivity index (χ0n) is 13.4. The molecule has 0 aromatic heterocycles. The standard InChI is InChI=1S/C21H22NP/c1-2-20(22)19-15-9-10-16-21(19)23(17-11-5-3-6-12-17)18-13-7-4-8-14-18/h3-16,20H,2,22H2,1H3/t20-/m1/s1. The van der Waals surface area contributed by atoms with Gasteiger partial charge in [0.2, 0.25) is 0 Å². The highest BCUT2D eigenvalue weighted by atomic mass is 31.1. The lowest BCUT2D eigenvalue weighted by molar-refractivity contribution is 0.703. The monoisotopic (exact) mass is 319 g/mol. The number of hydrogen-bond acceptors (Lipinski definition) is 1. The van der Waals surface area contributed by atoms with Crippen LogP contribution in [-0.2, 0) is 0 Å². The van der Waals surface area contributed by atoms with E-state index < -0.39 is 7.92 Å². The summed E-state index contributed by atoms with van der Waals surface area (Å²) in [5, 5.41) is 4.10. The van der Waals surface area contributed by atoms with Gasteiger partial charge in [0.15, 0.2) is 0 Å². The highest BCUT2D eigenvalue weighted by Crippen LogP contribution is 2.35. The van der Waals surface area contributed by atoms with E-state index in [9.17, 15) is 0 Å². The summed E-state index contributed by atoms with van der Waals surface area (Å²) in [6, 6.07) is 30.3. The smallest absolute Gasteiger partial charge is 0.0298 e. The predicted octanol–water partition coefficient (Wildman–Crippen LogP) is 3.85. The summed E-state index contributed by atoms with van der Waals surface area (Å²) in [5.41, 5.74) is 7.67. The maximum Gasteiger partial charge on any atom is 0.0298 e. The lowest BCUT2D eigenvalue weighted by Crippen LogP contribution is -2.26. The fourth-order valence-electron chi connectivity index (χ4n) is 2.81. The van der Waals surface area contributed by atoms with Crippen LogP contribution >= 0.6 is 7.92 Å². The SMILES string of the molecule is CC[C@@H](N)c1ccccc1P(c1ccccc1)c1ccccc1. The Balaban J connectivity index is 2.18. The van der Waals surface area contributed by atoms with Crippen LogP contribution in [0.15, 0.2) is 84.9 Å². The molecule has 0 spiro atoms. The minimum atomic E-state index is -0.585. The molecule has 0 radical (unpaired) electrons. The van der Waals surface area contributed by atoms with Crippen LogP contribution in [0.3, 0.4) is 0 Å². The van der Waals surface area contributed by atoms with Crippen LogP contribution in [0, 0.1) is 0 Å². The van der Waals surface area contributed by atoms with Crippen molar-refractivity contribution in [2.75, 3.05) is 0 Å². The van der Waals surface area contributed by atoms with E-state index >= 15 is 0 Å². The molecule has 0 aliphatic rings. The minimum Gasteiger partial charge on any atom is -0.324 e. The normalized spacial score (nSPS) is 12.3. The molecule has 0 bridgehead atoms. The quantitative estimate of drug-likeness (QED) is 0.710. The number of nitrogens with two attached hydrogens (primary N) is 1. The first-order valence-corrected chi connectivity index (χ1v) is 9.40. The molecule has 1 atom stereocenters. The Morgan fingerprint density at radius 3 is 1.74 bits per heavy atom. The fourth-order valence-corrected chi connectivity index (χ4v) is 5.33. The molecule has 0 aliphatic heterocycles. The summed E-state index contributed by atoms with van der Waals surface area (Å²) in [5.74, 6) is 0. The highest BCUT2D eigenvalue weighted by molar-refractivity contribution is 7.79. The topological polar surface area (TPSA) is 26.0 Å². The molecule has 0 unspecified atom stereocenters. The second kappa shape index (κ2) is 7.55. The van der Waals surface area contributed by atoms with Gasteiger partial charge < -0.3 is 5.73 Å². The molecule has 0 amide bonds. The van der Waals surface area contributed by atoms with Crippen molar-refractivity contribution in [1.82, 2.24) is 0 Å². The van der Waals surface area contributed by atoms with Gasteiger partial charge in [-0.1, -0.05) is 91.9 Å². The second-order valence-corrected chi connectivity index (χ2v) is 7.77. The van der Waals surface area contributed by atoms with E-state index in [-0.39, 0.29) is 6.04 Å². The highest BCUT2D eigenvalue weighted by Gasteiger charge is 2.20. The van der Waals surface area contributed by atoms with Crippen molar-refractivity contribution in [2.24, 2.45) is 5.73 Å². The van der Waals surface area contributed by atoms with Gasteiger partial charge in [-0.25, -0.2) is 0 Å². The van der Waals surface area contributed by atoms with E-state index in [1.165, 1.54) is 21.5 Å². The molecule has 1 nitrogen and oxygen atoms in total. The van der Waals surface area contributed by atoms with E-state index in [4.69, 9.17) is 5.73 Å². The molecule has 3 aromatic carbocycles. The van der Waals surface area contributed by atoms with Gasteiger partial charge in [0.05, 0.1) is 0 Å². The van der Waals surface area contributed by atoms with Gasteiger partial charge >= 0.3 is 0 Å². The van der Waals surface area contributed by atoms with Crippen molar-refractivity contribution in [2.45, 2.75) is 19.4 Å². The summed E-state index contributed by atoms with van der Waals surface area (Å²) < 4.78 is 0. The second-order valence-electron chi connectivity index (χ2n) is 5.58. The Bertz CT molecular complexity index is 701. The van der Waals surface area contributed by atoms with E-state index in [2.05, 4.69) is 91.9 Å². The van der Waals surface area contributed by atoms with Crippen molar-refractivity contribution >= 4 is 23.8 Å². The zero-order valence-corrected chi connectivity index (χ0v) is 14.3. The maximum atomic E-state index is 6.40. The first-order chi connectivity index (χ1) is 11.3. The predicted molar refractivity (Wildman–Crippen MR) is 102 cm³/mol. The van der Waals surface area contributed by atoms with Crippen molar-refractivity contribution in [3.8, 4) is 0 Å². The zero-order chi connectivity index (χ0) is 16.1. The van der Waals surface area contributed by atoms with Crippen molar-refractivity contribution in [3.63, 3.8) is 0 Å². The maximum absolute atomic E-state index is 6.40. The van der Waals surface area contributed by atoms with Gasteiger partial charge in [-0.2, -0.15) is 0 Å². The average molecular weight is 319 g/mol. The first-order valence-electron chi connectivity index (χ1n) is 8.06. The molecular weight excluding hydrogens is 297 g/mol. The summed E-state index contributed by atoms with van der Waals surface area (Å²) in [6.45, 7) is 2.15. The van der Waals surface area contributed by atoms with Gasteiger partial charge in [-0.05, 0) is 35.8 Å². The van der Waals surface area contributed by atoms with Crippen LogP contribution in [0.4, 0.5) is 0 Å². The lowest BCUT2D eigenvalue weighted by Gasteiger charge is -2.24. The molecule has 116 valence electrons. The molecule has 23 heavy (non-hydrogen) atoms. The Kier molecular flexibility index (Phi) is 5.23. The van der Waals surface area contributed by atoms with E-state index in [0.717, 1.165) is 6.42 Å². The Morgan fingerprint density at radius 1 is 0.739 bits per heavy atom. The molecule has 0 heterocycles. The van der Waals surface area contributed by atoms with Crippen LogP contribution in [0.2, 0.25) is 0 Å². The summed E-state index contributed by atoms with van der Waals surface area (Å²) in [4.78, 5) is 0. The van der Waals surface area contributed by atoms with Crippen molar-refractivity contribution in [1.29, 1.82) is 0 Å². The third-order valence-corrected chi connectivity index (χ3v) is 6.56. The van der Waals surface area contributed by atoms with Gasteiger partial charge in [0.1, 0.15) is 0 Å². The Morgan fingerprint density at radius 2 is 1.22 bits per heavy atom. The largest absolute Gasteiger partial charge is 0.324 e. The Hall–Kier alpha value is -1.95. The molecule has 0 saturated carbocycles. The lowest BCUT2D eigenvalue weighted by atomic mass is 10.1. The molecule has 3 aromatic rings. The van der Waals surface area contributed by atoms with E-state index in [1.807, 2.05) is 0 Å². The number of benzene rings is 3. The van der Waals surface area contributed by atoms with Crippen LogP contribution in [0.25, 0.3) is 0 Å². The van der Waals surface area contributed by atoms with Crippen molar-refractivity contribution in [3.05, 3.63) is 90.5 Å². The summed E-state index contributed by atoms with van der Waals surface area (Å²) >= 11 is 0. The van der Waals surface area contributed by atoms with Crippen LogP contribution in [0.5, 0.6) is 0 Å². The van der Waals surface area contributed by atoms with Gasteiger partial charge in [-0.15, -0.1) is 0 Å². The Labute approximate surface area is 139 Å². The molecule has 0 saturated heterocycles. The molecular formula is C21H22NP. The molecule has 0 aliphatic carbocycles. The van der Waals surface area contributed by atoms with Gasteiger partial charge in [-0.3, -0.25) is 0 Å². The third-order valence-electron chi connectivity index (χ3n) is 4.05. The third kappa shape index (κ3) is 3.52. The molecule has 2 heteroatoms. The number of hydrogen-bond donors (Lipinski definition) is 1. The minimum absolute atomic E-state index is 0.0867. The van der Waals surface area contributed by atoms with E-state index in [1.54, 1.807) is 0 Å². The molecule has 0 fully saturated rings. The van der Waals surface area contributed by atoms with Gasteiger partial charge in [0, 0.05) is 6.04 Å². The van der Waals surface area contributed by atoms with Crippen LogP contribution < -0.4 is 21.6 Å². The summed E-state index contributed by atoms with van der Waals surface area (Å²) in [6.07, 6.45) is 0.948. The number of rotatable bonds is 5. The molecule has 2 N–H and O–H groups in total. The summed E-state index contributed by atoms with van der Waals surface area (Å²) in [7, 11) is -0.585. The fraction of sp³-hybridized carbons (Fsp3) is 0.143.